The van der Waals surface area contributed by atoms with E-state index in [1.165, 1.54) is 12.1 Å². The van der Waals surface area contributed by atoms with Gasteiger partial charge >= 0.3 is 5.97 Å². The molecule has 0 aromatic heterocycles. The van der Waals surface area contributed by atoms with Crippen molar-refractivity contribution in [2.75, 3.05) is 6.61 Å². The van der Waals surface area contributed by atoms with Crippen LogP contribution in [0.2, 0.25) is 10.0 Å². The maximum Gasteiger partial charge on any atom is 0.343 e. The Hall–Kier alpha value is -4.18. The fourth-order valence-corrected chi connectivity index (χ4v) is 5.04. The minimum atomic E-state index is -0.658. The predicted octanol–water partition coefficient (Wildman–Crippen LogP) is 6.98. The summed E-state index contributed by atoms with van der Waals surface area (Å²) in [6.45, 7) is 2.18. The maximum absolute atomic E-state index is 12.9. The van der Waals surface area contributed by atoms with Crippen molar-refractivity contribution in [2.45, 2.75) is 12.8 Å². The molecule has 4 aromatic carbocycles. The zero-order valence-electron chi connectivity index (χ0n) is 19.6. The number of hydrogen-bond acceptors (Lipinski definition) is 6. The SMILES string of the molecule is CCOc1c(Cl)cc(C(=O)Oc2ccc3c(c2)OC(N)=C(C#N)C3c2cccc3ccccc23)cc1Cl. The average molecular weight is 531 g/mol. The molecular weight excluding hydrogens is 511 g/mol. The highest BCUT2D eigenvalue weighted by Gasteiger charge is 2.32. The fourth-order valence-electron chi connectivity index (χ4n) is 4.45. The third-order valence-corrected chi connectivity index (χ3v) is 6.62. The molecule has 0 bridgehead atoms. The van der Waals surface area contributed by atoms with Crippen molar-refractivity contribution in [2.24, 2.45) is 5.73 Å². The number of carbonyl (C=O) groups is 1. The van der Waals surface area contributed by atoms with Crippen LogP contribution in [0.5, 0.6) is 17.2 Å². The van der Waals surface area contributed by atoms with E-state index < -0.39 is 11.9 Å². The molecule has 0 fully saturated rings. The van der Waals surface area contributed by atoms with E-state index in [0.29, 0.717) is 23.7 Å². The van der Waals surface area contributed by atoms with E-state index in [-0.39, 0.29) is 27.2 Å². The molecule has 0 amide bonds. The number of hydrogen-bond donors (Lipinski definition) is 1. The van der Waals surface area contributed by atoms with Gasteiger partial charge in [0.15, 0.2) is 5.75 Å². The Morgan fingerprint density at radius 2 is 1.76 bits per heavy atom. The largest absolute Gasteiger partial charge is 0.491 e. The highest BCUT2D eigenvalue weighted by Crippen LogP contribution is 2.45. The molecule has 1 heterocycles. The van der Waals surface area contributed by atoms with E-state index in [1.54, 1.807) is 25.1 Å². The van der Waals surface area contributed by atoms with E-state index in [1.807, 2.05) is 42.5 Å². The zero-order valence-corrected chi connectivity index (χ0v) is 21.1. The number of nitrogens with zero attached hydrogens (tertiary/aromatic N) is 1. The molecule has 1 atom stereocenters. The molecule has 0 saturated heterocycles. The van der Waals surface area contributed by atoms with E-state index in [4.69, 9.17) is 43.1 Å². The summed E-state index contributed by atoms with van der Waals surface area (Å²) in [7, 11) is 0. The number of benzene rings is 4. The first kappa shape index (κ1) is 24.5. The number of fused-ring (bicyclic) bond motifs is 2. The second kappa shape index (κ2) is 10.1. The first-order chi connectivity index (χ1) is 17.9. The van der Waals surface area contributed by atoms with Gasteiger partial charge in [-0.3, -0.25) is 0 Å². The highest BCUT2D eigenvalue weighted by atomic mass is 35.5. The number of allylic oxidation sites excluding steroid dienone is 1. The molecule has 4 aromatic rings. The van der Waals surface area contributed by atoms with E-state index in [0.717, 1.165) is 21.9 Å². The Bertz CT molecular complexity index is 1600. The fraction of sp³-hybridized carbons (Fsp3) is 0.103. The summed E-state index contributed by atoms with van der Waals surface area (Å²) in [6, 6.07) is 23.9. The van der Waals surface area contributed by atoms with Crippen LogP contribution in [-0.2, 0) is 0 Å². The van der Waals surface area contributed by atoms with E-state index >= 15 is 0 Å². The van der Waals surface area contributed by atoms with Gasteiger partial charge in [-0.2, -0.15) is 5.26 Å². The molecular formula is C29H20Cl2N2O4. The van der Waals surface area contributed by atoms with Crippen LogP contribution in [0, 0.1) is 11.3 Å². The molecule has 0 aliphatic carbocycles. The lowest BCUT2D eigenvalue weighted by Gasteiger charge is -2.27. The monoisotopic (exact) mass is 530 g/mol. The number of carbonyl (C=O) groups excluding carboxylic acids is 1. The summed E-state index contributed by atoms with van der Waals surface area (Å²) < 4.78 is 16.8. The van der Waals surface area contributed by atoms with Crippen molar-refractivity contribution >= 4 is 39.9 Å². The Labute approximate surface area is 223 Å². The van der Waals surface area contributed by atoms with Gasteiger partial charge in [-0.25, -0.2) is 4.79 Å². The van der Waals surface area contributed by atoms with Crippen molar-refractivity contribution in [3.05, 3.63) is 111 Å². The van der Waals surface area contributed by atoms with Crippen LogP contribution < -0.4 is 19.9 Å². The third-order valence-electron chi connectivity index (χ3n) is 6.06. The minimum Gasteiger partial charge on any atom is -0.491 e. The molecule has 0 spiro atoms. The summed E-state index contributed by atoms with van der Waals surface area (Å²) in [5.41, 5.74) is 8.31. The van der Waals surface area contributed by atoms with Crippen LogP contribution in [0.3, 0.4) is 0 Å². The van der Waals surface area contributed by atoms with Crippen molar-refractivity contribution in [3.8, 4) is 23.3 Å². The van der Waals surface area contributed by atoms with E-state index in [2.05, 4.69) is 6.07 Å². The maximum atomic E-state index is 12.9. The molecule has 0 radical (unpaired) electrons. The lowest BCUT2D eigenvalue weighted by molar-refractivity contribution is 0.0734. The third kappa shape index (κ3) is 4.55. The van der Waals surface area contributed by atoms with Gasteiger partial charge in [0.25, 0.3) is 0 Å². The Kier molecular flexibility index (Phi) is 6.66. The highest BCUT2D eigenvalue weighted by molar-refractivity contribution is 6.37. The molecule has 2 N–H and O–H groups in total. The van der Waals surface area contributed by atoms with Crippen LogP contribution in [0.1, 0.15) is 34.3 Å². The van der Waals surface area contributed by atoms with Crippen LogP contribution in [0.4, 0.5) is 0 Å². The first-order valence-corrected chi connectivity index (χ1v) is 12.2. The van der Waals surface area contributed by atoms with Gasteiger partial charge in [0.05, 0.1) is 28.1 Å². The van der Waals surface area contributed by atoms with Crippen LogP contribution in [0.25, 0.3) is 10.8 Å². The number of nitrogens with two attached hydrogens (primary N) is 1. The summed E-state index contributed by atoms with van der Waals surface area (Å²) in [4.78, 5) is 12.9. The Morgan fingerprint density at radius 1 is 1.03 bits per heavy atom. The summed E-state index contributed by atoms with van der Waals surface area (Å²) in [5, 5.41) is 12.4. The van der Waals surface area contributed by atoms with Crippen LogP contribution in [0.15, 0.2) is 84.3 Å². The summed E-state index contributed by atoms with van der Waals surface area (Å²) in [5.74, 6) is -0.180. The summed E-state index contributed by atoms with van der Waals surface area (Å²) >= 11 is 12.5. The molecule has 184 valence electrons. The second-order valence-corrected chi connectivity index (χ2v) is 9.10. The number of rotatable bonds is 5. The molecule has 0 saturated carbocycles. The second-order valence-electron chi connectivity index (χ2n) is 8.28. The van der Waals surface area contributed by atoms with Crippen molar-refractivity contribution in [1.29, 1.82) is 5.26 Å². The number of nitriles is 1. The van der Waals surface area contributed by atoms with Gasteiger partial charge in [0.2, 0.25) is 5.88 Å². The van der Waals surface area contributed by atoms with Gasteiger partial charge in [0, 0.05) is 11.6 Å². The average Bonchev–Trinajstić information content (AvgIpc) is 2.89. The number of esters is 1. The van der Waals surface area contributed by atoms with Crippen LogP contribution in [-0.4, -0.2) is 12.6 Å². The van der Waals surface area contributed by atoms with Gasteiger partial charge < -0.3 is 19.9 Å². The Morgan fingerprint density at radius 3 is 2.49 bits per heavy atom. The number of ether oxygens (including phenoxy) is 3. The van der Waals surface area contributed by atoms with Crippen LogP contribution >= 0.6 is 23.2 Å². The normalized spacial score (nSPS) is 14.5. The predicted molar refractivity (Wildman–Crippen MR) is 142 cm³/mol. The quantitative estimate of drug-likeness (QED) is 0.221. The molecule has 1 aliphatic heterocycles. The lowest BCUT2D eigenvalue weighted by atomic mass is 9.81. The molecule has 8 heteroatoms. The molecule has 1 unspecified atom stereocenters. The zero-order chi connectivity index (χ0) is 26.1. The lowest BCUT2D eigenvalue weighted by Crippen LogP contribution is -2.21. The van der Waals surface area contributed by atoms with Gasteiger partial charge in [-0.15, -0.1) is 0 Å². The summed E-state index contributed by atoms with van der Waals surface area (Å²) in [6.07, 6.45) is 0. The first-order valence-electron chi connectivity index (χ1n) is 11.4. The smallest absolute Gasteiger partial charge is 0.343 e. The standard InChI is InChI=1S/C29H20Cl2N2O4/c1-2-35-27-23(30)12-17(13-24(27)31)29(34)36-18-10-11-21-25(14-18)37-28(33)22(15-32)26(21)20-9-5-7-16-6-3-4-8-19(16)20/h3-14,26H,2,33H2,1H3. The molecule has 6 nitrogen and oxygen atoms in total. The van der Waals surface area contributed by atoms with Gasteiger partial charge in [0.1, 0.15) is 23.1 Å². The topological polar surface area (TPSA) is 94.6 Å². The molecule has 37 heavy (non-hydrogen) atoms. The van der Waals surface area contributed by atoms with Crippen molar-refractivity contribution in [1.82, 2.24) is 0 Å². The molecule has 5 rings (SSSR count). The molecule has 1 aliphatic rings. The number of halogens is 2. The minimum absolute atomic E-state index is 0.00138. The van der Waals surface area contributed by atoms with Crippen molar-refractivity contribution in [3.63, 3.8) is 0 Å². The van der Waals surface area contributed by atoms with Gasteiger partial charge in [-0.1, -0.05) is 71.7 Å². The van der Waals surface area contributed by atoms with Gasteiger partial charge in [-0.05, 0) is 41.5 Å². The van der Waals surface area contributed by atoms with Crippen molar-refractivity contribution < 1.29 is 19.0 Å². The van der Waals surface area contributed by atoms with E-state index in [9.17, 15) is 10.1 Å². The Balaban J connectivity index is 1.51.